The average Bonchev–Trinajstić information content (AvgIpc) is 2.39. The first-order valence-corrected chi connectivity index (χ1v) is 7.43. The molecule has 1 aromatic rings. The lowest BCUT2D eigenvalue weighted by molar-refractivity contribution is 0.273. The van der Waals surface area contributed by atoms with E-state index in [9.17, 15) is 0 Å². The Morgan fingerprint density at radius 2 is 1.68 bits per heavy atom. The quantitative estimate of drug-likeness (QED) is 0.777. The summed E-state index contributed by atoms with van der Waals surface area (Å²) >= 11 is 0. The number of hydrogen-bond donors (Lipinski definition) is 1. The van der Waals surface area contributed by atoms with Crippen LogP contribution in [-0.4, -0.2) is 25.0 Å². The molecule has 0 aliphatic carbocycles. The summed E-state index contributed by atoms with van der Waals surface area (Å²) in [6.07, 6.45) is 3.53. The van der Waals surface area contributed by atoms with Crippen molar-refractivity contribution in [2.24, 2.45) is 11.1 Å². The molecule has 1 rings (SSSR count). The van der Waals surface area contributed by atoms with E-state index < -0.39 is 0 Å². The summed E-state index contributed by atoms with van der Waals surface area (Å²) in [7, 11) is 2.20. The highest BCUT2D eigenvalue weighted by atomic mass is 15.1. The van der Waals surface area contributed by atoms with E-state index in [1.54, 1.807) is 0 Å². The molecule has 2 nitrogen and oxygen atoms in total. The molecule has 0 fully saturated rings. The van der Waals surface area contributed by atoms with Crippen LogP contribution in [0.2, 0.25) is 0 Å². The van der Waals surface area contributed by atoms with E-state index >= 15 is 0 Å². The monoisotopic (exact) mass is 262 g/mol. The van der Waals surface area contributed by atoms with Gasteiger partial charge in [-0.2, -0.15) is 0 Å². The Kier molecular flexibility index (Phi) is 6.53. The predicted molar refractivity (Wildman–Crippen MR) is 84.2 cm³/mol. The van der Waals surface area contributed by atoms with Crippen LogP contribution in [0.3, 0.4) is 0 Å². The fourth-order valence-corrected chi connectivity index (χ4v) is 2.20. The SMILES string of the molecule is CCc1ccc(CN(C)CCCC(C)(C)CN)cc1. The Balaban J connectivity index is 2.32. The lowest BCUT2D eigenvalue weighted by Gasteiger charge is -2.24. The fourth-order valence-electron chi connectivity index (χ4n) is 2.20. The lowest BCUT2D eigenvalue weighted by Crippen LogP contribution is -2.26. The molecule has 0 aliphatic heterocycles. The number of hydrogen-bond acceptors (Lipinski definition) is 2. The minimum absolute atomic E-state index is 0.281. The minimum atomic E-state index is 0.281. The van der Waals surface area contributed by atoms with Crippen LogP contribution in [0.5, 0.6) is 0 Å². The fraction of sp³-hybridized carbons (Fsp3) is 0.647. The van der Waals surface area contributed by atoms with Crippen molar-refractivity contribution in [3.05, 3.63) is 35.4 Å². The van der Waals surface area contributed by atoms with Crippen molar-refractivity contribution in [1.29, 1.82) is 0 Å². The third-order valence-electron chi connectivity index (χ3n) is 3.83. The van der Waals surface area contributed by atoms with Gasteiger partial charge in [0, 0.05) is 6.54 Å². The van der Waals surface area contributed by atoms with Crippen molar-refractivity contribution >= 4 is 0 Å². The van der Waals surface area contributed by atoms with Gasteiger partial charge in [-0.05, 0) is 55.9 Å². The van der Waals surface area contributed by atoms with E-state index in [1.807, 2.05) is 0 Å². The van der Waals surface area contributed by atoms with E-state index in [4.69, 9.17) is 5.73 Å². The van der Waals surface area contributed by atoms with Crippen LogP contribution in [0.1, 0.15) is 44.7 Å². The van der Waals surface area contributed by atoms with Gasteiger partial charge < -0.3 is 10.6 Å². The second-order valence-electron chi connectivity index (χ2n) is 6.38. The Bertz CT molecular complexity index is 354. The molecule has 0 radical (unpaired) electrons. The molecular weight excluding hydrogens is 232 g/mol. The summed E-state index contributed by atoms with van der Waals surface area (Å²) in [6, 6.07) is 8.97. The number of nitrogens with two attached hydrogens (primary N) is 1. The zero-order chi connectivity index (χ0) is 14.3. The normalized spacial score (nSPS) is 12.1. The van der Waals surface area contributed by atoms with Gasteiger partial charge in [0.1, 0.15) is 0 Å². The molecule has 0 saturated carbocycles. The summed E-state index contributed by atoms with van der Waals surface area (Å²) in [5.41, 5.74) is 8.86. The molecule has 0 heterocycles. The first-order valence-electron chi connectivity index (χ1n) is 7.43. The Hall–Kier alpha value is -0.860. The maximum Gasteiger partial charge on any atom is 0.0230 e. The van der Waals surface area contributed by atoms with Crippen LogP contribution in [0.15, 0.2) is 24.3 Å². The van der Waals surface area contributed by atoms with Gasteiger partial charge >= 0.3 is 0 Å². The molecular formula is C17H30N2. The van der Waals surface area contributed by atoms with Crippen LogP contribution in [0.4, 0.5) is 0 Å². The number of rotatable bonds is 8. The van der Waals surface area contributed by atoms with Gasteiger partial charge in [0.05, 0.1) is 0 Å². The highest BCUT2D eigenvalue weighted by molar-refractivity contribution is 5.22. The molecule has 0 saturated heterocycles. The van der Waals surface area contributed by atoms with Gasteiger partial charge in [-0.3, -0.25) is 0 Å². The molecule has 0 amide bonds. The zero-order valence-electron chi connectivity index (χ0n) is 13.1. The van der Waals surface area contributed by atoms with E-state index in [0.29, 0.717) is 0 Å². The van der Waals surface area contributed by atoms with Crippen LogP contribution >= 0.6 is 0 Å². The molecule has 19 heavy (non-hydrogen) atoms. The highest BCUT2D eigenvalue weighted by Gasteiger charge is 2.14. The summed E-state index contributed by atoms with van der Waals surface area (Å²) in [5, 5.41) is 0. The van der Waals surface area contributed by atoms with E-state index in [0.717, 1.165) is 26.1 Å². The molecule has 0 unspecified atom stereocenters. The molecule has 0 aromatic heterocycles. The van der Waals surface area contributed by atoms with Gasteiger partial charge in [-0.25, -0.2) is 0 Å². The summed E-state index contributed by atoms with van der Waals surface area (Å²) in [6.45, 7) is 9.63. The van der Waals surface area contributed by atoms with Crippen molar-refractivity contribution in [1.82, 2.24) is 4.90 Å². The molecule has 0 spiro atoms. The summed E-state index contributed by atoms with van der Waals surface area (Å²) < 4.78 is 0. The Labute approximate surface area is 119 Å². The molecule has 0 aliphatic rings. The average molecular weight is 262 g/mol. The molecule has 108 valence electrons. The minimum Gasteiger partial charge on any atom is -0.330 e. The highest BCUT2D eigenvalue weighted by Crippen LogP contribution is 2.20. The van der Waals surface area contributed by atoms with Crippen molar-refractivity contribution in [2.75, 3.05) is 20.1 Å². The first-order chi connectivity index (χ1) is 8.96. The maximum atomic E-state index is 5.76. The Morgan fingerprint density at radius 1 is 1.11 bits per heavy atom. The maximum absolute atomic E-state index is 5.76. The third-order valence-corrected chi connectivity index (χ3v) is 3.83. The van der Waals surface area contributed by atoms with E-state index in [2.05, 4.69) is 57.0 Å². The standard InChI is InChI=1S/C17H30N2/c1-5-15-7-9-16(10-8-15)13-19(4)12-6-11-17(2,3)14-18/h7-10H,5-6,11-14,18H2,1-4H3. The molecule has 2 N–H and O–H groups in total. The van der Waals surface area contributed by atoms with Gasteiger partial charge in [-0.15, -0.1) is 0 Å². The van der Waals surface area contributed by atoms with Crippen LogP contribution in [0, 0.1) is 5.41 Å². The number of aryl methyl sites for hydroxylation is 1. The third kappa shape index (κ3) is 6.22. The van der Waals surface area contributed by atoms with E-state index in [1.165, 1.54) is 24.0 Å². The number of nitrogens with zero attached hydrogens (tertiary/aromatic N) is 1. The van der Waals surface area contributed by atoms with E-state index in [-0.39, 0.29) is 5.41 Å². The smallest absolute Gasteiger partial charge is 0.0230 e. The number of benzene rings is 1. The zero-order valence-corrected chi connectivity index (χ0v) is 13.1. The van der Waals surface area contributed by atoms with Gasteiger partial charge in [-0.1, -0.05) is 45.0 Å². The van der Waals surface area contributed by atoms with Crippen LogP contribution in [-0.2, 0) is 13.0 Å². The van der Waals surface area contributed by atoms with Gasteiger partial charge in [0.25, 0.3) is 0 Å². The van der Waals surface area contributed by atoms with Crippen molar-refractivity contribution in [3.63, 3.8) is 0 Å². The lowest BCUT2D eigenvalue weighted by atomic mass is 9.88. The van der Waals surface area contributed by atoms with Crippen molar-refractivity contribution < 1.29 is 0 Å². The summed E-state index contributed by atoms with van der Waals surface area (Å²) in [5.74, 6) is 0. The summed E-state index contributed by atoms with van der Waals surface area (Å²) in [4.78, 5) is 2.40. The molecule has 2 heteroatoms. The van der Waals surface area contributed by atoms with Crippen LogP contribution in [0.25, 0.3) is 0 Å². The van der Waals surface area contributed by atoms with Crippen molar-refractivity contribution in [3.8, 4) is 0 Å². The van der Waals surface area contributed by atoms with Crippen molar-refractivity contribution in [2.45, 2.75) is 46.6 Å². The molecule has 0 bridgehead atoms. The van der Waals surface area contributed by atoms with Gasteiger partial charge in [0.15, 0.2) is 0 Å². The predicted octanol–water partition coefficient (Wildman–Crippen LogP) is 3.45. The molecule has 1 aromatic carbocycles. The first kappa shape index (κ1) is 16.2. The second-order valence-corrected chi connectivity index (χ2v) is 6.38. The Morgan fingerprint density at radius 3 is 2.21 bits per heavy atom. The largest absolute Gasteiger partial charge is 0.330 e. The van der Waals surface area contributed by atoms with Crippen LogP contribution < -0.4 is 5.73 Å². The van der Waals surface area contributed by atoms with Gasteiger partial charge in [0.2, 0.25) is 0 Å². The topological polar surface area (TPSA) is 29.3 Å². The molecule has 0 atom stereocenters. The second kappa shape index (κ2) is 7.66.